The Balaban J connectivity index is 1.51. The molecule has 2 fully saturated rings. The van der Waals surface area contributed by atoms with E-state index in [2.05, 4.69) is 11.6 Å². The van der Waals surface area contributed by atoms with Gasteiger partial charge in [-0.25, -0.2) is 13.1 Å². The van der Waals surface area contributed by atoms with Crippen molar-refractivity contribution in [2.75, 3.05) is 4.90 Å². The molecular formula is C22H32N2O3S. The maximum absolute atomic E-state index is 13.0. The van der Waals surface area contributed by atoms with Gasteiger partial charge in [-0.1, -0.05) is 38.5 Å². The molecule has 154 valence electrons. The molecule has 1 aromatic rings. The molecule has 1 atom stereocenters. The SMILES string of the molecule is C[C@@H]1Cc2cc(S(=O)(=O)NC3CCCCCCC3)ccc2N1C(=O)C1CCC1. The maximum atomic E-state index is 13.0. The van der Waals surface area contributed by atoms with Crippen molar-refractivity contribution in [2.24, 2.45) is 5.92 Å². The molecule has 28 heavy (non-hydrogen) atoms. The zero-order valence-corrected chi connectivity index (χ0v) is 17.6. The first kappa shape index (κ1) is 19.9. The molecule has 0 aromatic heterocycles. The fraction of sp³-hybridized carbons (Fsp3) is 0.682. The van der Waals surface area contributed by atoms with Crippen LogP contribution in [0.1, 0.15) is 76.7 Å². The van der Waals surface area contributed by atoms with Gasteiger partial charge < -0.3 is 4.90 Å². The normalized spacial score (nSPS) is 24.3. The molecule has 1 heterocycles. The van der Waals surface area contributed by atoms with Gasteiger partial charge in [0.1, 0.15) is 0 Å². The van der Waals surface area contributed by atoms with E-state index in [1.165, 1.54) is 19.3 Å². The van der Waals surface area contributed by atoms with Crippen molar-refractivity contribution in [1.29, 1.82) is 0 Å². The fourth-order valence-corrected chi connectivity index (χ4v) is 6.18. The number of fused-ring (bicyclic) bond motifs is 1. The molecule has 4 rings (SSSR count). The standard InChI is InChI=1S/C22H32N2O3S/c1-16-14-18-15-20(12-13-21(18)24(16)22(25)17-8-7-9-17)28(26,27)23-19-10-5-3-2-4-6-11-19/h12-13,15-17,19,23H,2-11,14H2,1H3/t16-/m1/s1. The van der Waals surface area contributed by atoms with E-state index < -0.39 is 10.0 Å². The highest BCUT2D eigenvalue weighted by atomic mass is 32.2. The number of carbonyl (C=O) groups excluding carboxylic acids is 1. The molecule has 0 bridgehead atoms. The highest BCUT2D eigenvalue weighted by molar-refractivity contribution is 7.89. The average molecular weight is 405 g/mol. The van der Waals surface area contributed by atoms with Crippen molar-refractivity contribution in [3.8, 4) is 0 Å². The third-order valence-corrected chi connectivity index (χ3v) is 8.21. The van der Waals surface area contributed by atoms with Gasteiger partial charge in [0.05, 0.1) is 4.90 Å². The first-order valence-electron chi connectivity index (χ1n) is 10.9. The quantitative estimate of drug-likeness (QED) is 0.819. The molecule has 3 aliphatic rings. The highest BCUT2D eigenvalue weighted by Gasteiger charge is 2.37. The first-order valence-corrected chi connectivity index (χ1v) is 12.4. The predicted molar refractivity (Wildman–Crippen MR) is 111 cm³/mol. The summed E-state index contributed by atoms with van der Waals surface area (Å²) >= 11 is 0. The van der Waals surface area contributed by atoms with Crippen molar-refractivity contribution in [2.45, 2.75) is 94.5 Å². The second kappa shape index (κ2) is 8.15. The zero-order chi connectivity index (χ0) is 19.7. The highest BCUT2D eigenvalue weighted by Crippen LogP contribution is 2.38. The van der Waals surface area contributed by atoms with E-state index in [0.29, 0.717) is 4.90 Å². The number of hydrogen-bond acceptors (Lipinski definition) is 3. The third kappa shape index (κ3) is 3.99. The number of sulfonamides is 1. The first-order chi connectivity index (χ1) is 13.5. The minimum atomic E-state index is -3.53. The van der Waals surface area contributed by atoms with E-state index in [1.54, 1.807) is 12.1 Å². The van der Waals surface area contributed by atoms with E-state index in [-0.39, 0.29) is 23.9 Å². The zero-order valence-electron chi connectivity index (χ0n) is 16.8. The van der Waals surface area contributed by atoms with E-state index in [0.717, 1.165) is 62.6 Å². The Hall–Kier alpha value is -1.40. The predicted octanol–water partition coefficient (Wildman–Crippen LogP) is 4.16. The second-order valence-corrected chi connectivity index (χ2v) is 10.6. The van der Waals surface area contributed by atoms with Crippen LogP contribution in [0.5, 0.6) is 0 Å². The Kier molecular flexibility index (Phi) is 5.79. The largest absolute Gasteiger partial charge is 0.309 e. The van der Waals surface area contributed by atoms with Gasteiger partial charge in [-0.2, -0.15) is 0 Å². The van der Waals surface area contributed by atoms with E-state index in [4.69, 9.17) is 0 Å². The Morgan fingerprint density at radius 3 is 2.32 bits per heavy atom. The van der Waals surface area contributed by atoms with Crippen LogP contribution in [0.2, 0.25) is 0 Å². The van der Waals surface area contributed by atoms with Gasteiger partial charge in [0.15, 0.2) is 0 Å². The molecule has 5 nitrogen and oxygen atoms in total. The van der Waals surface area contributed by atoms with E-state index in [1.807, 2.05) is 11.0 Å². The number of amides is 1. The van der Waals surface area contributed by atoms with Gasteiger partial charge in [-0.05, 0) is 62.8 Å². The summed E-state index contributed by atoms with van der Waals surface area (Å²) in [6.45, 7) is 2.05. The van der Waals surface area contributed by atoms with Crippen LogP contribution in [0, 0.1) is 5.92 Å². The Bertz CT molecular complexity index is 824. The summed E-state index contributed by atoms with van der Waals surface area (Å²) in [6, 6.07) is 5.42. The van der Waals surface area contributed by atoms with Gasteiger partial charge in [0.25, 0.3) is 0 Å². The lowest BCUT2D eigenvalue weighted by atomic mass is 9.84. The Morgan fingerprint density at radius 1 is 1.00 bits per heavy atom. The fourth-order valence-electron chi connectivity index (χ4n) is 4.82. The van der Waals surface area contributed by atoms with Gasteiger partial charge >= 0.3 is 0 Å². The summed E-state index contributed by atoms with van der Waals surface area (Å²) < 4.78 is 28.9. The summed E-state index contributed by atoms with van der Waals surface area (Å²) in [5.41, 5.74) is 1.87. The van der Waals surface area contributed by atoms with Crippen LogP contribution in [0.15, 0.2) is 23.1 Å². The number of carbonyl (C=O) groups is 1. The number of nitrogens with one attached hydrogen (secondary N) is 1. The van der Waals surface area contributed by atoms with Crippen LogP contribution < -0.4 is 9.62 Å². The van der Waals surface area contributed by atoms with Crippen LogP contribution in [-0.2, 0) is 21.2 Å². The molecular weight excluding hydrogens is 372 g/mol. The maximum Gasteiger partial charge on any atom is 0.240 e. The molecule has 0 spiro atoms. The lowest BCUT2D eigenvalue weighted by Gasteiger charge is -2.32. The Labute approximate surface area is 168 Å². The third-order valence-electron chi connectivity index (χ3n) is 6.70. The van der Waals surface area contributed by atoms with Crippen molar-refractivity contribution < 1.29 is 13.2 Å². The van der Waals surface area contributed by atoms with Gasteiger partial charge in [-0.3, -0.25) is 4.79 Å². The summed E-state index contributed by atoms with van der Waals surface area (Å²) in [6.07, 6.45) is 11.5. The molecule has 6 heteroatoms. The monoisotopic (exact) mass is 404 g/mol. The number of nitrogens with zero attached hydrogens (tertiary/aromatic N) is 1. The molecule has 1 aliphatic heterocycles. The van der Waals surface area contributed by atoms with Crippen molar-refractivity contribution >= 4 is 21.6 Å². The molecule has 1 N–H and O–H groups in total. The number of anilines is 1. The van der Waals surface area contributed by atoms with Crippen LogP contribution in [0.25, 0.3) is 0 Å². The molecule has 0 unspecified atom stereocenters. The number of benzene rings is 1. The molecule has 2 saturated carbocycles. The van der Waals surface area contributed by atoms with Gasteiger partial charge in [0, 0.05) is 23.7 Å². The topological polar surface area (TPSA) is 66.5 Å². The average Bonchev–Trinajstić information content (AvgIpc) is 2.90. The van der Waals surface area contributed by atoms with Crippen molar-refractivity contribution in [3.05, 3.63) is 23.8 Å². The lowest BCUT2D eigenvalue weighted by molar-refractivity contribution is -0.125. The number of rotatable bonds is 4. The van der Waals surface area contributed by atoms with Crippen LogP contribution in [-0.4, -0.2) is 26.4 Å². The Morgan fingerprint density at radius 2 is 1.68 bits per heavy atom. The minimum absolute atomic E-state index is 0.0363. The summed E-state index contributed by atoms with van der Waals surface area (Å²) in [5, 5.41) is 0. The smallest absolute Gasteiger partial charge is 0.240 e. The minimum Gasteiger partial charge on any atom is -0.309 e. The second-order valence-electron chi connectivity index (χ2n) is 8.84. The summed E-state index contributed by atoms with van der Waals surface area (Å²) in [5.74, 6) is 0.360. The molecule has 0 radical (unpaired) electrons. The number of hydrogen-bond donors (Lipinski definition) is 1. The van der Waals surface area contributed by atoms with Crippen molar-refractivity contribution in [3.63, 3.8) is 0 Å². The van der Waals surface area contributed by atoms with E-state index in [9.17, 15) is 13.2 Å². The molecule has 2 aliphatic carbocycles. The van der Waals surface area contributed by atoms with Gasteiger partial charge in [-0.15, -0.1) is 0 Å². The summed E-state index contributed by atoms with van der Waals surface area (Å²) in [7, 11) is -3.53. The summed E-state index contributed by atoms with van der Waals surface area (Å²) in [4.78, 5) is 15.0. The lowest BCUT2D eigenvalue weighted by Crippen LogP contribution is -2.42. The van der Waals surface area contributed by atoms with Crippen LogP contribution in [0.3, 0.4) is 0 Å². The molecule has 0 saturated heterocycles. The van der Waals surface area contributed by atoms with Crippen LogP contribution in [0.4, 0.5) is 5.69 Å². The molecule has 1 aromatic carbocycles. The van der Waals surface area contributed by atoms with E-state index >= 15 is 0 Å². The molecule has 1 amide bonds. The van der Waals surface area contributed by atoms with Crippen molar-refractivity contribution in [1.82, 2.24) is 4.72 Å². The van der Waals surface area contributed by atoms with Crippen LogP contribution >= 0.6 is 0 Å². The van der Waals surface area contributed by atoms with Gasteiger partial charge in [0.2, 0.25) is 15.9 Å².